The highest BCUT2D eigenvalue weighted by Crippen LogP contribution is 2.40. The van der Waals surface area contributed by atoms with Gasteiger partial charge in [-0.15, -0.1) is 6.58 Å². The van der Waals surface area contributed by atoms with Gasteiger partial charge in [-0.3, -0.25) is 14.5 Å². The molecule has 3 rings (SSSR count). The molecule has 1 aliphatic rings. The molecule has 0 aromatic heterocycles. The van der Waals surface area contributed by atoms with Crippen LogP contribution in [-0.4, -0.2) is 33.7 Å². The number of aliphatic imine (C=N–C) groups is 1. The first kappa shape index (κ1) is 24.9. The van der Waals surface area contributed by atoms with Gasteiger partial charge in [-0.1, -0.05) is 35.5 Å². The molecular weight excluding hydrogens is 475 g/mol. The third-order valence-corrected chi connectivity index (χ3v) is 6.38. The molecule has 1 saturated heterocycles. The number of rotatable bonds is 6. The third kappa shape index (κ3) is 5.97. The molecule has 1 atom stereocenters. The maximum absolute atomic E-state index is 13.4. The van der Waals surface area contributed by atoms with Gasteiger partial charge in [-0.25, -0.2) is 4.99 Å². The molecule has 0 bridgehead atoms. The molecule has 1 fully saturated rings. The van der Waals surface area contributed by atoms with E-state index >= 15 is 0 Å². The highest BCUT2D eigenvalue weighted by atomic mass is 35.5. The first-order chi connectivity index (χ1) is 15.5. The lowest BCUT2D eigenvalue weighted by Gasteiger charge is -2.15. The first-order valence-corrected chi connectivity index (χ1v) is 11.2. The normalized spacial score (nSPS) is 17.5. The minimum atomic E-state index is -4.67. The Balaban J connectivity index is 1.83. The molecule has 2 aromatic rings. The van der Waals surface area contributed by atoms with Crippen LogP contribution in [-0.2, 0) is 15.8 Å². The Hall–Kier alpha value is -2.78. The standard InChI is InChI=1S/C23H21ClF3N3O2S/c1-4-9-30-21(32)19(12-20(31)28-16-7-5-13(2)14(3)10-16)33-22(30)29-18-8-6-15(24)11-17(18)23(25,26)27/h4-8,10-11,19H,1,9,12H2,2-3H3,(H,28,31)/t19-/m0/s1. The van der Waals surface area contributed by atoms with E-state index < -0.39 is 22.9 Å². The van der Waals surface area contributed by atoms with Gasteiger partial charge in [0.15, 0.2) is 5.17 Å². The lowest BCUT2D eigenvalue weighted by atomic mass is 10.1. The van der Waals surface area contributed by atoms with Gasteiger partial charge in [0.05, 0.1) is 11.3 Å². The zero-order valence-electron chi connectivity index (χ0n) is 17.9. The first-order valence-electron chi connectivity index (χ1n) is 9.91. The molecule has 0 saturated carbocycles. The number of carbonyl (C=O) groups excluding carboxylic acids is 2. The summed E-state index contributed by atoms with van der Waals surface area (Å²) in [5.41, 5.74) is 1.32. The number of amides is 2. The number of thioether (sulfide) groups is 1. The number of alkyl halides is 3. The second-order valence-corrected chi connectivity index (χ2v) is 9.06. The van der Waals surface area contributed by atoms with E-state index in [1.807, 2.05) is 26.0 Å². The highest BCUT2D eigenvalue weighted by molar-refractivity contribution is 8.15. The van der Waals surface area contributed by atoms with Crippen LogP contribution in [0.5, 0.6) is 0 Å². The third-order valence-electron chi connectivity index (χ3n) is 4.97. The van der Waals surface area contributed by atoms with E-state index in [1.165, 1.54) is 17.0 Å². The number of aryl methyl sites for hydroxylation is 2. The van der Waals surface area contributed by atoms with Gasteiger partial charge in [0, 0.05) is 23.7 Å². The van der Waals surface area contributed by atoms with Crippen molar-refractivity contribution in [3.05, 3.63) is 70.8 Å². The number of nitrogens with zero attached hydrogens (tertiary/aromatic N) is 2. The summed E-state index contributed by atoms with van der Waals surface area (Å²) in [6, 6.07) is 8.70. The van der Waals surface area contributed by atoms with Crippen LogP contribution in [0.1, 0.15) is 23.1 Å². The van der Waals surface area contributed by atoms with E-state index in [-0.39, 0.29) is 34.8 Å². The van der Waals surface area contributed by atoms with Crippen molar-refractivity contribution in [1.82, 2.24) is 4.90 Å². The number of nitrogens with one attached hydrogen (secondary N) is 1. The molecule has 1 N–H and O–H groups in total. The maximum Gasteiger partial charge on any atom is 0.418 e. The fraction of sp³-hybridized carbons (Fsp3) is 0.261. The summed E-state index contributed by atoms with van der Waals surface area (Å²) < 4.78 is 40.3. The number of hydrogen-bond donors (Lipinski definition) is 1. The summed E-state index contributed by atoms with van der Waals surface area (Å²) in [5.74, 6) is -0.803. The summed E-state index contributed by atoms with van der Waals surface area (Å²) in [5, 5.41) is 1.92. The monoisotopic (exact) mass is 495 g/mol. The van der Waals surface area contributed by atoms with Gasteiger partial charge in [0.2, 0.25) is 11.8 Å². The topological polar surface area (TPSA) is 61.8 Å². The number of benzene rings is 2. The van der Waals surface area contributed by atoms with Crippen LogP contribution in [0, 0.1) is 13.8 Å². The Morgan fingerprint density at radius 1 is 1.24 bits per heavy atom. The molecule has 33 heavy (non-hydrogen) atoms. The van der Waals surface area contributed by atoms with E-state index in [1.54, 1.807) is 6.07 Å². The lowest BCUT2D eigenvalue weighted by Crippen LogP contribution is -2.33. The van der Waals surface area contributed by atoms with Crippen LogP contribution in [0.25, 0.3) is 0 Å². The lowest BCUT2D eigenvalue weighted by molar-refractivity contribution is -0.137. The van der Waals surface area contributed by atoms with Gasteiger partial charge < -0.3 is 5.32 Å². The quantitative estimate of drug-likeness (QED) is 0.491. The molecule has 174 valence electrons. The van der Waals surface area contributed by atoms with Gasteiger partial charge in [0.25, 0.3) is 0 Å². The maximum atomic E-state index is 13.4. The van der Waals surface area contributed by atoms with E-state index in [9.17, 15) is 22.8 Å². The summed E-state index contributed by atoms with van der Waals surface area (Å²) in [6.07, 6.45) is -3.39. The Morgan fingerprint density at radius 3 is 2.61 bits per heavy atom. The number of halogens is 4. The molecule has 0 aliphatic carbocycles. The van der Waals surface area contributed by atoms with E-state index in [2.05, 4.69) is 16.9 Å². The van der Waals surface area contributed by atoms with Crippen molar-refractivity contribution in [3.8, 4) is 0 Å². The summed E-state index contributed by atoms with van der Waals surface area (Å²) in [4.78, 5) is 30.7. The smallest absolute Gasteiger partial charge is 0.326 e. The van der Waals surface area contributed by atoms with Crippen molar-refractivity contribution in [1.29, 1.82) is 0 Å². The molecule has 0 radical (unpaired) electrons. The molecule has 0 unspecified atom stereocenters. The Kier molecular flexibility index (Phi) is 7.54. The molecule has 10 heteroatoms. The van der Waals surface area contributed by atoms with Crippen LogP contribution in [0.2, 0.25) is 5.02 Å². The number of amidine groups is 1. The minimum Gasteiger partial charge on any atom is -0.326 e. The van der Waals surface area contributed by atoms with Gasteiger partial charge in [-0.2, -0.15) is 13.2 Å². The van der Waals surface area contributed by atoms with Crippen LogP contribution in [0.4, 0.5) is 24.5 Å². The molecular formula is C23H21ClF3N3O2S. The van der Waals surface area contributed by atoms with Gasteiger partial charge in [-0.05, 0) is 55.3 Å². The zero-order chi connectivity index (χ0) is 24.3. The molecule has 2 amide bonds. The predicted molar refractivity (Wildman–Crippen MR) is 126 cm³/mol. The Labute approximate surface area is 198 Å². The van der Waals surface area contributed by atoms with Crippen molar-refractivity contribution in [2.45, 2.75) is 31.7 Å². The zero-order valence-corrected chi connectivity index (χ0v) is 19.4. The molecule has 5 nitrogen and oxygen atoms in total. The fourth-order valence-electron chi connectivity index (χ4n) is 3.16. The van der Waals surface area contributed by atoms with Crippen molar-refractivity contribution < 1.29 is 22.8 Å². The number of hydrogen-bond acceptors (Lipinski definition) is 4. The van der Waals surface area contributed by atoms with Crippen molar-refractivity contribution in [2.24, 2.45) is 4.99 Å². The average molecular weight is 496 g/mol. The molecule has 1 aliphatic heterocycles. The Morgan fingerprint density at radius 2 is 1.97 bits per heavy atom. The van der Waals surface area contributed by atoms with Gasteiger partial charge in [0.1, 0.15) is 5.25 Å². The predicted octanol–water partition coefficient (Wildman–Crippen LogP) is 6.12. The van der Waals surface area contributed by atoms with Crippen LogP contribution in [0.3, 0.4) is 0 Å². The number of carbonyl (C=O) groups is 2. The molecule has 0 spiro atoms. The summed E-state index contributed by atoms with van der Waals surface area (Å²) in [7, 11) is 0. The highest BCUT2D eigenvalue weighted by Gasteiger charge is 2.40. The van der Waals surface area contributed by atoms with E-state index in [4.69, 9.17) is 11.6 Å². The fourth-order valence-corrected chi connectivity index (χ4v) is 4.49. The van der Waals surface area contributed by atoms with Crippen molar-refractivity contribution >= 4 is 51.7 Å². The van der Waals surface area contributed by atoms with E-state index in [0.717, 1.165) is 35.0 Å². The number of anilines is 1. The van der Waals surface area contributed by atoms with Crippen LogP contribution >= 0.6 is 23.4 Å². The van der Waals surface area contributed by atoms with Crippen LogP contribution < -0.4 is 5.32 Å². The average Bonchev–Trinajstić information content (AvgIpc) is 3.00. The second-order valence-electron chi connectivity index (χ2n) is 7.45. The second kappa shape index (κ2) is 10.0. The summed E-state index contributed by atoms with van der Waals surface area (Å²) >= 11 is 6.68. The summed E-state index contributed by atoms with van der Waals surface area (Å²) in [6.45, 7) is 7.51. The SMILES string of the molecule is C=CCN1C(=O)[C@H](CC(=O)Nc2ccc(C)c(C)c2)SC1=Nc1ccc(Cl)cc1C(F)(F)F. The minimum absolute atomic E-state index is 0.0505. The Bertz CT molecular complexity index is 1130. The van der Waals surface area contributed by atoms with Crippen molar-refractivity contribution in [2.75, 3.05) is 11.9 Å². The molecule has 1 heterocycles. The van der Waals surface area contributed by atoms with Crippen LogP contribution in [0.15, 0.2) is 54.0 Å². The van der Waals surface area contributed by atoms with E-state index in [0.29, 0.717) is 5.69 Å². The van der Waals surface area contributed by atoms with Gasteiger partial charge >= 0.3 is 6.18 Å². The largest absolute Gasteiger partial charge is 0.418 e. The molecule has 2 aromatic carbocycles. The van der Waals surface area contributed by atoms with Crippen molar-refractivity contribution in [3.63, 3.8) is 0 Å².